The van der Waals surface area contributed by atoms with Gasteiger partial charge in [0.1, 0.15) is 4.90 Å². The van der Waals surface area contributed by atoms with E-state index in [0.29, 0.717) is 0 Å². The highest BCUT2D eigenvalue weighted by molar-refractivity contribution is 7.89. The molecular formula is C11H17N3O5S. The fraction of sp³-hybridized carbons (Fsp3) is 0.455. The first-order chi connectivity index (χ1) is 9.34. The Morgan fingerprint density at radius 1 is 1.45 bits per heavy atom. The Morgan fingerprint density at radius 3 is 2.60 bits per heavy atom. The van der Waals surface area contributed by atoms with E-state index in [1.807, 2.05) is 0 Å². The second-order valence-corrected chi connectivity index (χ2v) is 5.88. The maximum Gasteiger partial charge on any atom is 0.270 e. The first kappa shape index (κ1) is 16.3. The van der Waals surface area contributed by atoms with Crippen molar-refractivity contribution in [3.8, 4) is 0 Å². The maximum atomic E-state index is 12.4. The second kappa shape index (κ2) is 6.64. The lowest BCUT2D eigenvalue weighted by Crippen LogP contribution is -2.34. The molecule has 0 spiro atoms. The van der Waals surface area contributed by atoms with E-state index in [1.165, 1.54) is 19.2 Å². The van der Waals surface area contributed by atoms with Crippen molar-refractivity contribution in [2.24, 2.45) is 0 Å². The van der Waals surface area contributed by atoms with E-state index in [0.717, 1.165) is 10.4 Å². The highest BCUT2D eigenvalue weighted by atomic mass is 32.2. The summed E-state index contributed by atoms with van der Waals surface area (Å²) in [6.07, 6.45) is 0. The molecule has 0 aliphatic heterocycles. The molecule has 0 heterocycles. The van der Waals surface area contributed by atoms with Gasteiger partial charge >= 0.3 is 0 Å². The Labute approximate surface area is 117 Å². The van der Waals surface area contributed by atoms with Crippen molar-refractivity contribution in [2.45, 2.75) is 11.8 Å². The minimum absolute atomic E-state index is 0.0218. The van der Waals surface area contributed by atoms with E-state index in [1.54, 1.807) is 6.92 Å². The van der Waals surface area contributed by atoms with Crippen LogP contribution < -0.4 is 5.73 Å². The lowest BCUT2D eigenvalue weighted by atomic mass is 10.3. The Morgan fingerprint density at radius 2 is 2.10 bits per heavy atom. The van der Waals surface area contributed by atoms with E-state index in [-0.39, 0.29) is 36.0 Å². The van der Waals surface area contributed by atoms with Gasteiger partial charge in [-0.05, 0) is 6.07 Å². The molecule has 0 bridgehead atoms. The summed E-state index contributed by atoms with van der Waals surface area (Å²) in [5.74, 6) is 0. The van der Waals surface area contributed by atoms with Crippen molar-refractivity contribution >= 4 is 21.4 Å². The molecule has 0 saturated carbocycles. The van der Waals surface area contributed by atoms with E-state index < -0.39 is 14.9 Å². The van der Waals surface area contributed by atoms with Gasteiger partial charge in [0.2, 0.25) is 10.0 Å². The number of nitrogens with two attached hydrogens (primary N) is 1. The van der Waals surface area contributed by atoms with Crippen LogP contribution in [0.4, 0.5) is 11.4 Å². The highest BCUT2D eigenvalue weighted by Gasteiger charge is 2.27. The van der Waals surface area contributed by atoms with Crippen molar-refractivity contribution in [3.63, 3.8) is 0 Å². The van der Waals surface area contributed by atoms with Gasteiger partial charge in [-0.1, -0.05) is 6.92 Å². The molecule has 1 aromatic carbocycles. The Kier molecular flexibility index (Phi) is 5.43. The van der Waals surface area contributed by atoms with Crippen LogP contribution in [0.3, 0.4) is 0 Å². The minimum Gasteiger partial charge on any atom is -0.398 e. The Hall–Kier alpha value is -1.71. The zero-order valence-electron chi connectivity index (χ0n) is 11.3. The number of non-ortho nitro benzene ring substituents is 1. The van der Waals surface area contributed by atoms with Gasteiger partial charge < -0.3 is 10.5 Å². The van der Waals surface area contributed by atoms with Crippen LogP contribution in [0.15, 0.2) is 23.1 Å². The van der Waals surface area contributed by atoms with Gasteiger partial charge in [0.25, 0.3) is 5.69 Å². The van der Waals surface area contributed by atoms with Crippen molar-refractivity contribution in [1.29, 1.82) is 0 Å². The molecule has 20 heavy (non-hydrogen) atoms. The summed E-state index contributed by atoms with van der Waals surface area (Å²) in [7, 11) is -2.43. The molecule has 1 aromatic rings. The number of nitro benzene ring substituents is 1. The van der Waals surface area contributed by atoms with Gasteiger partial charge in [0, 0.05) is 32.3 Å². The van der Waals surface area contributed by atoms with Crippen molar-refractivity contribution in [1.82, 2.24) is 4.31 Å². The van der Waals surface area contributed by atoms with E-state index >= 15 is 0 Å². The van der Waals surface area contributed by atoms with Crippen LogP contribution in [0.2, 0.25) is 0 Å². The molecular weight excluding hydrogens is 286 g/mol. The van der Waals surface area contributed by atoms with E-state index in [2.05, 4.69) is 0 Å². The first-order valence-corrected chi connectivity index (χ1v) is 7.31. The Balaban J connectivity index is 3.26. The summed E-state index contributed by atoms with van der Waals surface area (Å²) in [4.78, 5) is 9.82. The molecule has 0 aromatic heterocycles. The molecule has 0 aliphatic carbocycles. The number of hydrogen-bond donors (Lipinski definition) is 1. The van der Waals surface area contributed by atoms with Gasteiger partial charge in [0.15, 0.2) is 0 Å². The second-order valence-electron chi connectivity index (χ2n) is 3.97. The number of rotatable bonds is 7. The molecule has 0 amide bonds. The van der Waals surface area contributed by atoms with Crippen LogP contribution >= 0.6 is 0 Å². The zero-order chi connectivity index (χ0) is 15.3. The van der Waals surface area contributed by atoms with Crippen molar-refractivity contribution in [3.05, 3.63) is 28.3 Å². The van der Waals surface area contributed by atoms with Crippen LogP contribution in [0.25, 0.3) is 0 Å². The fourth-order valence-corrected chi connectivity index (χ4v) is 3.21. The molecule has 0 radical (unpaired) electrons. The molecule has 8 nitrogen and oxygen atoms in total. The molecule has 0 unspecified atom stereocenters. The van der Waals surface area contributed by atoms with Crippen LogP contribution in [0.5, 0.6) is 0 Å². The summed E-state index contributed by atoms with van der Waals surface area (Å²) in [5.41, 5.74) is 5.30. The van der Waals surface area contributed by atoms with Gasteiger partial charge in [-0.25, -0.2) is 8.42 Å². The molecule has 0 saturated heterocycles. The van der Waals surface area contributed by atoms with E-state index in [9.17, 15) is 18.5 Å². The third-order valence-electron chi connectivity index (χ3n) is 2.72. The maximum absolute atomic E-state index is 12.4. The van der Waals surface area contributed by atoms with Crippen molar-refractivity contribution < 1.29 is 18.1 Å². The Bertz CT molecular complexity index is 588. The number of benzene rings is 1. The number of anilines is 1. The third-order valence-corrected chi connectivity index (χ3v) is 4.75. The first-order valence-electron chi connectivity index (χ1n) is 5.87. The molecule has 1 rings (SSSR count). The number of ether oxygens (including phenoxy) is 1. The number of nitrogen functional groups attached to an aromatic ring is 1. The summed E-state index contributed by atoms with van der Waals surface area (Å²) in [6.45, 7) is 2.26. The number of sulfonamides is 1. The van der Waals surface area contributed by atoms with Crippen molar-refractivity contribution in [2.75, 3.05) is 32.5 Å². The van der Waals surface area contributed by atoms with E-state index in [4.69, 9.17) is 10.5 Å². The summed E-state index contributed by atoms with van der Waals surface area (Å²) < 4.78 is 30.9. The SMILES string of the molecule is CCN(CCOC)S(=O)(=O)c1cc([N+](=O)[O-])ccc1N. The van der Waals surface area contributed by atoms with Gasteiger partial charge in [-0.2, -0.15) is 4.31 Å². The summed E-state index contributed by atoms with van der Waals surface area (Å²) >= 11 is 0. The monoisotopic (exact) mass is 303 g/mol. The predicted octanol–water partition coefficient (Wildman–Crippen LogP) is 0.834. The lowest BCUT2D eigenvalue weighted by Gasteiger charge is -2.20. The number of nitrogens with zero attached hydrogens (tertiary/aromatic N) is 2. The molecule has 0 atom stereocenters. The minimum atomic E-state index is -3.89. The molecule has 0 fully saturated rings. The van der Waals surface area contributed by atoms with Crippen LogP contribution in [0.1, 0.15) is 6.92 Å². The van der Waals surface area contributed by atoms with Gasteiger partial charge in [-0.3, -0.25) is 10.1 Å². The normalized spacial score (nSPS) is 11.8. The molecule has 9 heteroatoms. The number of methoxy groups -OCH3 is 1. The standard InChI is InChI=1S/C11H17N3O5S/c1-3-13(6-7-19-2)20(17,18)11-8-9(14(15)16)4-5-10(11)12/h4-5,8H,3,6-7,12H2,1-2H3. The largest absolute Gasteiger partial charge is 0.398 e. The zero-order valence-corrected chi connectivity index (χ0v) is 12.1. The number of nitro groups is 1. The third kappa shape index (κ3) is 3.44. The number of hydrogen-bond acceptors (Lipinski definition) is 6. The predicted molar refractivity (Wildman–Crippen MR) is 73.8 cm³/mol. The lowest BCUT2D eigenvalue weighted by molar-refractivity contribution is -0.385. The molecule has 0 aliphatic rings. The summed E-state index contributed by atoms with van der Waals surface area (Å²) in [6, 6.07) is 3.36. The topological polar surface area (TPSA) is 116 Å². The van der Waals surface area contributed by atoms with Crippen LogP contribution in [-0.2, 0) is 14.8 Å². The highest BCUT2D eigenvalue weighted by Crippen LogP contribution is 2.26. The van der Waals surface area contributed by atoms with Gasteiger partial charge in [0.05, 0.1) is 17.2 Å². The average molecular weight is 303 g/mol. The summed E-state index contributed by atoms with van der Waals surface area (Å²) in [5, 5.41) is 10.7. The van der Waals surface area contributed by atoms with Crippen LogP contribution in [-0.4, -0.2) is 44.5 Å². The van der Waals surface area contributed by atoms with Gasteiger partial charge in [-0.15, -0.1) is 0 Å². The fourth-order valence-electron chi connectivity index (χ4n) is 1.64. The smallest absolute Gasteiger partial charge is 0.270 e. The van der Waals surface area contributed by atoms with Crippen LogP contribution in [0, 0.1) is 10.1 Å². The molecule has 2 N–H and O–H groups in total. The number of likely N-dealkylation sites (N-methyl/N-ethyl adjacent to an activating group) is 1. The quantitative estimate of drug-likeness (QED) is 0.453. The molecule has 112 valence electrons. The average Bonchev–Trinajstić information content (AvgIpc) is 2.39.